The van der Waals surface area contributed by atoms with Gasteiger partial charge in [0.2, 0.25) is 5.91 Å². The highest BCUT2D eigenvalue weighted by Gasteiger charge is 2.16. The Morgan fingerprint density at radius 3 is 2.80 bits per heavy atom. The number of benzene rings is 1. The molecule has 0 aliphatic rings. The molecule has 0 spiro atoms. The molecule has 0 aliphatic carbocycles. The number of nitro groups is 1. The number of anilines is 1. The van der Waals surface area contributed by atoms with E-state index in [0.29, 0.717) is 18.5 Å². The van der Waals surface area contributed by atoms with Gasteiger partial charge in [0.05, 0.1) is 12.0 Å². The molecule has 0 saturated carbocycles. The smallest absolute Gasteiger partial charge is 0.312 e. The zero-order valence-electron chi connectivity index (χ0n) is 11.6. The average Bonchev–Trinajstić information content (AvgIpc) is 2.38. The lowest BCUT2D eigenvalue weighted by Crippen LogP contribution is -2.16. The van der Waals surface area contributed by atoms with E-state index in [4.69, 9.17) is 10.5 Å². The molecular weight excluding hydrogens is 262 g/mol. The van der Waals surface area contributed by atoms with Crippen molar-refractivity contribution < 1.29 is 14.5 Å². The van der Waals surface area contributed by atoms with Gasteiger partial charge >= 0.3 is 5.69 Å². The lowest BCUT2D eigenvalue weighted by atomic mass is 10.1. The minimum Gasteiger partial charge on any atom is -0.490 e. The maximum absolute atomic E-state index is 11.7. The lowest BCUT2D eigenvalue weighted by molar-refractivity contribution is -0.385. The summed E-state index contributed by atoms with van der Waals surface area (Å²) in [5.41, 5.74) is 5.79. The quantitative estimate of drug-likeness (QED) is 0.587. The van der Waals surface area contributed by atoms with E-state index in [9.17, 15) is 14.9 Å². The van der Waals surface area contributed by atoms with Gasteiger partial charge in [-0.15, -0.1) is 0 Å². The monoisotopic (exact) mass is 281 g/mol. The van der Waals surface area contributed by atoms with Crippen LogP contribution in [0.5, 0.6) is 5.75 Å². The molecule has 0 bridgehead atoms. The molecule has 1 rings (SSSR count). The van der Waals surface area contributed by atoms with Gasteiger partial charge in [-0.05, 0) is 31.9 Å². The van der Waals surface area contributed by atoms with Gasteiger partial charge in [-0.3, -0.25) is 14.9 Å². The second-order valence-electron chi connectivity index (χ2n) is 4.56. The van der Waals surface area contributed by atoms with Crippen molar-refractivity contribution in [2.75, 3.05) is 12.4 Å². The van der Waals surface area contributed by atoms with Crippen LogP contribution in [0.1, 0.15) is 26.2 Å². The molecule has 1 atom stereocenters. The first kappa shape index (κ1) is 15.9. The van der Waals surface area contributed by atoms with Crippen molar-refractivity contribution in [1.29, 1.82) is 0 Å². The van der Waals surface area contributed by atoms with Crippen LogP contribution in [0.25, 0.3) is 0 Å². The normalized spacial score (nSPS) is 11.8. The number of nitrogens with two attached hydrogens (primary N) is 1. The highest BCUT2D eigenvalue weighted by atomic mass is 16.6. The number of nitro benzene ring substituents is 1. The zero-order chi connectivity index (χ0) is 15.1. The summed E-state index contributed by atoms with van der Waals surface area (Å²) in [4.78, 5) is 22.0. The van der Waals surface area contributed by atoms with Gasteiger partial charge < -0.3 is 15.8 Å². The first-order valence-corrected chi connectivity index (χ1v) is 6.32. The number of carbonyl (C=O) groups excluding carboxylic acids is 1. The Hall–Kier alpha value is -2.15. The van der Waals surface area contributed by atoms with Crippen molar-refractivity contribution in [3.63, 3.8) is 0 Å². The van der Waals surface area contributed by atoms with E-state index in [2.05, 4.69) is 5.32 Å². The summed E-state index contributed by atoms with van der Waals surface area (Å²) in [6, 6.07) is 4.36. The first-order chi connectivity index (χ1) is 9.43. The molecule has 7 heteroatoms. The van der Waals surface area contributed by atoms with E-state index in [0.717, 1.165) is 6.42 Å². The van der Waals surface area contributed by atoms with Crippen molar-refractivity contribution in [3.8, 4) is 5.75 Å². The minimum absolute atomic E-state index is 0.0601. The maximum atomic E-state index is 11.7. The molecule has 1 amide bonds. The van der Waals surface area contributed by atoms with Gasteiger partial charge in [-0.1, -0.05) is 0 Å². The summed E-state index contributed by atoms with van der Waals surface area (Å²) >= 11 is 0. The second-order valence-corrected chi connectivity index (χ2v) is 4.56. The Morgan fingerprint density at radius 2 is 2.25 bits per heavy atom. The number of hydrogen-bond donors (Lipinski definition) is 2. The standard InChI is InChI=1S/C13H19N3O4/c1-9(14)4-3-5-13(17)15-10-6-7-12(20-2)11(8-10)16(18)19/h6-9H,3-5,14H2,1-2H3,(H,15,17). The van der Waals surface area contributed by atoms with Gasteiger partial charge in [0.1, 0.15) is 0 Å². The molecule has 1 unspecified atom stereocenters. The largest absolute Gasteiger partial charge is 0.490 e. The molecule has 20 heavy (non-hydrogen) atoms. The Kier molecular flexibility index (Phi) is 5.92. The van der Waals surface area contributed by atoms with Crippen LogP contribution in [-0.4, -0.2) is 24.0 Å². The molecule has 0 aromatic heterocycles. The highest BCUT2D eigenvalue weighted by Crippen LogP contribution is 2.29. The molecular formula is C13H19N3O4. The number of rotatable bonds is 7. The molecule has 0 radical (unpaired) electrons. The van der Waals surface area contributed by atoms with E-state index in [1.54, 1.807) is 6.07 Å². The van der Waals surface area contributed by atoms with Crippen molar-refractivity contribution in [3.05, 3.63) is 28.3 Å². The number of hydrogen-bond acceptors (Lipinski definition) is 5. The van der Waals surface area contributed by atoms with Crippen LogP contribution in [0.15, 0.2) is 18.2 Å². The fraction of sp³-hybridized carbons (Fsp3) is 0.462. The number of amides is 1. The van der Waals surface area contributed by atoms with Gasteiger partial charge in [0, 0.05) is 24.2 Å². The van der Waals surface area contributed by atoms with Crippen molar-refractivity contribution >= 4 is 17.3 Å². The van der Waals surface area contributed by atoms with Gasteiger partial charge in [-0.2, -0.15) is 0 Å². The minimum atomic E-state index is -0.551. The summed E-state index contributed by atoms with van der Waals surface area (Å²) in [5, 5.41) is 13.5. The van der Waals surface area contributed by atoms with Crippen LogP contribution in [0.2, 0.25) is 0 Å². The molecule has 7 nitrogen and oxygen atoms in total. The van der Waals surface area contributed by atoms with E-state index >= 15 is 0 Å². The number of carbonyl (C=O) groups is 1. The third kappa shape index (κ3) is 4.85. The first-order valence-electron chi connectivity index (χ1n) is 6.32. The molecule has 0 heterocycles. The zero-order valence-corrected chi connectivity index (χ0v) is 11.6. The summed E-state index contributed by atoms with van der Waals surface area (Å²) in [5.74, 6) is -0.0323. The number of ether oxygens (including phenoxy) is 1. The number of nitrogens with one attached hydrogen (secondary N) is 1. The van der Waals surface area contributed by atoms with E-state index in [-0.39, 0.29) is 23.4 Å². The topological polar surface area (TPSA) is 107 Å². The molecule has 110 valence electrons. The van der Waals surface area contributed by atoms with Gasteiger partial charge in [0.15, 0.2) is 5.75 Å². The fourth-order valence-electron chi connectivity index (χ4n) is 1.72. The molecule has 1 aromatic rings. The third-order valence-electron chi connectivity index (χ3n) is 2.72. The van der Waals surface area contributed by atoms with Crippen LogP contribution < -0.4 is 15.8 Å². The Bertz CT molecular complexity index is 489. The van der Waals surface area contributed by atoms with Crippen LogP contribution in [0.4, 0.5) is 11.4 Å². The van der Waals surface area contributed by atoms with E-state index < -0.39 is 4.92 Å². The molecule has 3 N–H and O–H groups in total. The predicted molar refractivity (Wildman–Crippen MR) is 75.8 cm³/mol. The van der Waals surface area contributed by atoms with E-state index in [1.165, 1.54) is 19.2 Å². The number of methoxy groups -OCH3 is 1. The molecule has 0 saturated heterocycles. The van der Waals surface area contributed by atoms with Crippen LogP contribution in [-0.2, 0) is 4.79 Å². The Morgan fingerprint density at radius 1 is 1.55 bits per heavy atom. The van der Waals surface area contributed by atoms with Gasteiger partial charge in [0.25, 0.3) is 0 Å². The maximum Gasteiger partial charge on any atom is 0.312 e. The Balaban J connectivity index is 2.66. The second kappa shape index (κ2) is 7.44. The average molecular weight is 281 g/mol. The summed E-state index contributed by atoms with van der Waals surface area (Å²) in [6.07, 6.45) is 1.78. The molecule has 0 fully saturated rings. The summed E-state index contributed by atoms with van der Waals surface area (Å²) in [6.45, 7) is 1.88. The van der Waals surface area contributed by atoms with Crippen molar-refractivity contribution in [2.45, 2.75) is 32.2 Å². The molecule has 1 aromatic carbocycles. The SMILES string of the molecule is COc1ccc(NC(=O)CCCC(C)N)cc1[N+](=O)[O-]. The fourth-order valence-corrected chi connectivity index (χ4v) is 1.72. The predicted octanol–water partition coefficient (Wildman–Crippen LogP) is 2.06. The summed E-state index contributed by atoms with van der Waals surface area (Å²) < 4.78 is 4.89. The third-order valence-corrected chi connectivity index (χ3v) is 2.72. The van der Waals surface area contributed by atoms with Crippen molar-refractivity contribution in [1.82, 2.24) is 0 Å². The van der Waals surface area contributed by atoms with Crippen LogP contribution in [0.3, 0.4) is 0 Å². The number of nitrogens with zero attached hydrogens (tertiary/aromatic N) is 1. The Labute approximate surface area is 117 Å². The van der Waals surface area contributed by atoms with E-state index in [1.807, 2.05) is 6.92 Å². The van der Waals surface area contributed by atoms with Crippen LogP contribution >= 0.6 is 0 Å². The lowest BCUT2D eigenvalue weighted by Gasteiger charge is -2.08. The van der Waals surface area contributed by atoms with Crippen molar-refractivity contribution in [2.24, 2.45) is 5.73 Å². The highest BCUT2D eigenvalue weighted by molar-refractivity contribution is 5.91. The van der Waals surface area contributed by atoms with Gasteiger partial charge in [-0.25, -0.2) is 0 Å². The molecule has 0 aliphatic heterocycles. The summed E-state index contributed by atoms with van der Waals surface area (Å²) in [7, 11) is 1.36. The van der Waals surface area contributed by atoms with Crippen LogP contribution in [0, 0.1) is 10.1 Å².